The minimum absolute atomic E-state index is 0.184. The van der Waals surface area contributed by atoms with Crippen LogP contribution >= 0.6 is 0 Å². The van der Waals surface area contributed by atoms with E-state index in [4.69, 9.17) is 0 Å². The Morgan fingerprint density at radius 3 is 2.17 bits per heavy atom. The van der Waals surface area contributed by atoms with E-state index in [0.29, 0.717) is 0 Å². The van der Waals surface area contributed by atoms with Crippen molar-refractivity contribution < 1.29 is 4.58 Å². The van der Waals surface area contributed by atoms with Gasteiger partial charge >= 0.3 is 0 Å². The summed E-state index contributed by atoms with van der Waals surface area (Å²) < 4.78 is 2.35. The lowest BCUT2D eigenvalue weighted by Gasteiger charge is -2.18. The topological polar surface area (TPSA) is 3.01 Å². The van der Waals surface area contributed by atoms with Gasteiger partial charge in [0.1, 0.15) is 7.05 Å². The van der Waals surface area contributed by atoms with Gasteiger partial charge in [-0.25, -0.2) is 4.58 Å². The Labute approximate surface area is 113 Å². The van der Waals surface area contributed by atoms with Crippen molar-refractivity contribution >= 4 is 11.4 Å². The summed E-state index contributed by atoms with van der Waals surface area (Å²) in [6.45, 7) is 15.3. The predicted octanol–water partition coefficient (Wildman–Crippen LogP) is 4.61. The molecule has 100 valence electrons. The highest BCUT2D eigenvalue weighted by Gasteiger charge is 2.42. The van der Waals surface area contributed by atoms with Gasteiger partial charge in [0.15, 0.2) is 5.71 Å². The predicted molar refractivity (Wildman–Crippen MR) is 81.5 cm³/mol. The summed E-state index contributed by atoms with van der Waals surface area (Å²) in [6.07, 6.45) is 1.12. The molecule has 2 rings (SSSR count). The maximum atomic E-state index is 2.35. The molecular weight excluding hydrogens is 218 g/mol. The zero-order valence-electron chi connectivity index (χ0n) is 13.3. The van der Waals surface area contributed by atoms with Crippen molar-refractivity contribution in [1.29, 1.82) is 0 Å². The van der Waals surface area contributed by atoms with Gasteiger partial charge in [0.05, 0.1) is 5.41 Å². The maximum absolute atomic E-state index is 2.35. The average Bonchev–Trinajstić information content (AvgIpc) is 2.53. The Balaban J connectivity index is 0.000000771. The van der Waals surface area contributed by atoms with Gasteiger partial charge in [0.25, 0.3) is 0 Å². The first kappa shape index (κ1) is 14.9. The first-order chi connectivity index (χ1) is 8.39. The minimum atomic E-state index is 0.184. The number of hydrogen-bond acceptors (Lipinski definition) is 0. The Bertz CT molecular complexity index is 479. The van der Waals surface area contributed by atoms with E-state index >= 15 is 0 Å². The first-order valence-corrected chi connectivity index (χ1v) is 7.11. The van der Waals surface area contributed by atoms with Crippen LogP contribution in [0.1, 0.15) is 58.2 Å². The number of rotatable bonds is 1. The molecule has 1 aliphatic rings. The number of fused-ring (bicyclic) bond motifs is 1. The number of benzene rings is 1. The summed E-state index contributed by atoms with van der Waals surface area (Å²) in [5, 5.41) is 0. The fourth-order valence-corrected chi connectivity index (χ4v) is 2.89. The lowest BCUT2D eigenvalue weighted by atomic mass is 9.79. The van der Waals surface area contributed by atoms with Crippen molar-refractivity contribution in [2.45, 2.75) is 60.3 Å². The smallest absolute Gasteiger partial charge is 0.202 e. The van der Waals surface area contributed by atoms with E-state index in [2.05, 4.69) is 58.4 Å². The highest BCUT2D eigenvalue weighted by atomic mass is 15.0. The quantitative estimate of drug-likeness (QED) is 0.637. The van der Waals surface area contributed by atoms with Gasteiger partial charge in [0, 0.05) is 18.6 Å². The molecule has 0 aliphatic carbocycles. The molecule has 0 saturated carbocycles. The van der Waals surface area contributed by atoms with Crippen LogP contribution in [0.2, 0.25) is 0 Å². The highest BCUT2D eigenvalue weighted by molar-refractivity contribution is 5.93. The van der Waals surface area contributed by atoms with Crippen LogP contribution in [-0.2, 0) is 11.8 Å². The fraction of sp³-hybridized carbons (Fsp3) is 0.588. The van der Waals surface area contributed by atoms with Gasteiger partial charge in [-0.2, -0.15) is 0 Å². The normalized spacial score (nSPS) is 16.2. The van der Waals surface area contributed by atoms with Crippen molar-refractivity contribution in [3.63, 3.8) is 0 Å². The van der Waals surface area contributed by atoms with E-state index in [1.807, 2.05) is 13.8 Å². The second-order valence-electron chi connectivity index (χ2n) is 5.44. The molecule has 0 saturated heterocycles. The Hall–Kier alpha value is -1.11. The molecule has 0 bridgehead atoms. The summed E-state index contributed by atoms with van der Waals surface area (Å²) in [5.74, 6) is 0. The first-order valence-electron chi connectivity index (χ1n) is 7.11. The van der Waals surface area contributed by atoms with Gasteiger partial charge in [-0.3, -0.25) is 0 Å². The summed E-state index contributed by atoms with van der Waals surface area (Å²) in [4.78, 5) is 0. The molecule has 0 radical (unpaired) electrons. The van der Waals surface area contributed by atoms with E-state index in [9.17, 15) is 0 Å². The van der Waals surface area contributed by atoms with Gasteiger partial charge in [0.2, 0.25) is 5.69 Å². The molecule has 1 heterocycles. The zero-order valence-corrected chi connectivity index (χ0v) is 13.3. The van der Waals surface area contributed by atoms with Crippen LogP contribution in [0.25, 0.3) is 0 Å². The molecule has 0 fully saturated rings. The maximum Gasteiger partial charge on any atom is 0.209 e. The molecule has 1 aromatic rings. The molecule has 0 aromatic heterocycles. The van der Waals surface area contributed by atoms with Crippen molar-refractivity contribution in [3.8, 4) is 0 Å². The molecule has 0 amide bonds. The van der Waals surface area contributed by atoms with Crippen LogP contribution in [0.3, 0.4) is 0 Å². The molecule has 0 spiro atoms. The van der Waals surface area contributed by atoms with Crippen LogP contribution in [-0.4, -0.2) is 17.3 Å². The van der Waals surface area contributed by atoms with E-state index < -0.39 is 0 Å². The lowest BCUT2D eigenvalue weighted by Crippen LogP contribution is -2.26. The fourth-order valence-electron chi connectivity index (χ4n) is 2.89. The Kier molecular flexibility index (Phi) is 4.37. The van der Waals surface area contributed by atoms with E-state index in [1.54, 1.807) is 0 Å². The van der Waals surface area contributed by atoms with Gasteiger partial charge in [-0.1, -0.05) is 26.8 Å². The second kappa shape index (κ2) is 5.26. The van der Waals surface area contributed by atoms with Crippen molar-refractivity contribution in [2.75, 3.05) is 7.05 Å². The molecule has 0 atom stereocenters. The monoisotopic (exact) mass is 246 g/mol. The third-order valence-electron chi connectivity index (χ3n) is 4.12. The Morgan fingerprint density at radius 1 is 1.11 bits per heavy atom. The minimum Gasteiger partial charge on any atom is -0.202 e. The van der Waals surface area contributed by atoms with Crippen molar-refractivity contribution in [3.05, 3.63) is 28.8 Å². The van der Waals surface area contributed by atoms with Gasteiger partial charge < -0.3 is 0 Å². The Morgan fingerprint density at radius 2 is 1.67 bits per heavy atom. The van der Waals surface area contributed by atoms with Crippen molar-refractivity contribution in [1.82, 2.24) is 0 Å². The molecule has 1 aromatic carbocycles. The number of aryl methyl sites for hydroxylation is 2. The number of hydrogen-bond donors (Lipinski definition) is 0. The van der Waals surface area contributed by atoms with Gasteiger partial charge in [-0.15, -0.1) is 0 Å². The standard InChI is InChI=1S/C15H22N.C2H6/c1-7-12-8-10(2)9-13-14(12)15(4,5)11(3)16(13)6;1-2/h8-9H,7H2,1-6H3;1-2H3/q+1;. The highest BCUT2D eigenvalue weighted by Crippen LogP contribution is 2.41. The molecule has 1 heteroatoms. The van der Waals surface area contributed by atoms with Gasteiger partial charge in [-0.05, 0) is 38.3 Å². The molecule has 0 unspecified atom stereocenters. The van der Waals surface area contributed by atoms with E-state index in [1.165, 1.54) is 28.1 Å². The second-order valence-corrected chi connectivity index (χ2v) is 5.44. The van der Waals surface area contributed by atoms with Crippen LogP contribution < -0.4 is 0 Å². The van der Waals surface area contributed by atoms with Crippen LogP contribution in [0.15, 0.2) is 12.1 Å². The molecule has 0 N–H and O–H groups in total. The summed E-state index contributed by atoms with van der Waals surface area (Å²) in [5.41, 5.74) is 7.43. The summed E-state index contributed by atoms with van der Waals surface area (Å²) in [6, 6.07) is 4.65. The lowest BCUT2D eigenvalue weighted by molar-refractivity contribution is -0.403. The third kappa shape index (κ3) is 2.11. The third-order valence-corrected chi connectivity index (χ3v) is 4.12. The molecule has 1 aliphatic heterocycles. The summed E-state index contributed by atoms with van der Waals surface area (Å²) >= 11 is 0. The van der Waals surface area contributed by atoms with Crippen LogP contribution in [0.4, 0.5) is 5.69 Å². The molecule has 1 nitrogen and oxygen atoms in total. The van der Waals surface area contributed by atoms with Crippen LogP contribution in [0, 0.1) is 6.92 Å². The van der Waals surface area contributed by atoms with Crippen LogP contribution in [0.5, 0.6) is 0 Å². The molecular formula is C17H28N+. The molecule has 18 heavy (non-hydrogen) atoms. The van der Waals surface area contributed by atoms with E-state index in [-0.39, 0.29) is 5.41 Å². The summed E-state index contributed by atoms with van der Waals surface area (Å²) in [7, 11) is 2.18. The average molecular weight is 246 g/mol. The SMILES string of the molecule is CC.CCc1cc(C)cc2c1C(C)(C)C(C)=[N+]2C. The zero-order chi connectivity index (χ0) is 14.1. The van der Waals surface area contributed by atoms with E-state index in [0.717, 1.165) is 6.42 Å². The van der Waals surface area contributed by atoms with Crippen molar-refractivity contribution in [2.24, 2.45) is 0 Å². The number of nitrogens with zero attached hydrogens (tertiary/aromatic N) is 1. The largest absolute Gasteiger partial charge is 0.209 e.